The van der Waals surface area contributed by atoms with Gasteiger partial charge in [0.05, 0.1) is 24.2 Å². The maximum absolute atomic E-state index is 12.8. The van der Waals surface area contributed by atoms with Crippen LogP contribution in [0.1, 0.15) is 61.3 Å². The molecule has 1 saturated heterocycles. The van der Waals surface area contributed by atoms with Crippen molar-refractivity contribution in [2.24, 2.45) is 35.5 Å². The summed E-state index contributed by atoms with van der Waals surface area (Å²) in [7, 11) is 0. The van der Waals surface area contributed by atoms with Crippen molar-refractivity contribution < 1.29 is 29.6 Å². The second kappa shape index (κ2) is 9.99. The van der Waals surface area contributed by atoms with Crippen LogP contribution in [0.5, 0.6) is 0 Å². The maximum atomic E-state index is 12.8. The molecule has 0 amide bonds. The van der Waals surface area contributed by atoms with Gasteiger partial charge in [-0.2, -0.15) is 0 Å². The Morgan fingerprint density at radius 1 is 0.926 bits per heavy atom. The smallest absolute Gasteiger partial charge is 0.311 e. The van der Waals surface area contributed by atoms with E-state index < -0.39 is 54.1 Å². The van der Waals surface area contributed by atoms with Crippen molar-refractivity contribution in [1.82, 2.24) is 0 Å². The summed E-state index contributed by atoms with van der Waals surface area (Å²) in [5.74, 6) is -3.48. The van der Waals surface area contributed by atoms with Crippen LogP contribution >= 0.6 is 0 Å². The SMILES string of the molecule is CC[C@H]1OC(=O)[C@H](C)[C@@H](O)[C@H](C)[C@@H](O)[C@@H](C)C[C@@H](C)C(=[18O])[C@H](C)[C@@H](O)[C@H]1C. The molecule has 158 valence electrons. The molecule has 0 aromatic carbocycles. The highest BCUT2D eigenvalue weighted by Crippen LogP contribution is 2.30. The number of aliphatic hydroxyl groups excluding tert-OH is 3. The molecule has 0 radical (unpaired) electrons. The highest BCUT2D eigenvalue weighted by atomic mass is 18.1. The number of carbonyl (C=O) groups is 2. The molecule has 6 nitrogen and oxygen atoms in total. The number of ether oxygens (including phenoxy) is 1. The van der Waals surface area contributed by atoms with E-state index in [1.807, 2.05) is 20.8 Å². The third-order valence-corrected chi connectivity index (χ3v) is 6.51. The fourth-order valence-corrected chi connectivity index (χ4v) is 4.24. The molecule has 1 aliphatic rings. The molecule has 1 aliphatic heterocycles. The van der Waals surface area contributed by atoms with Crippen LogP contribution in [0.4, 0.5) is 0 Å². The van der Waals surface area contributed by atoms with Crippen molar-refractivity contribution in [1.29, 1.82) is 0 Å². The van der Waals surface area contributed by atoms with Gasteiger partial charge in [-0.25, -0.2) is 0 Å². The van der Waals surface area contributed by atoms with Crippen molar-refractivity contribution in [2.75, 3.05) is 0 Å². The minimum atomic E-state index is -1.06. The van der Waals surface area contributed by atoms with Gasteiger partial charge in [-0.1, -0.05) is 41.5 Å². The van der Waals surface area contributed by atoms with Gasteiger partial charge in [0.15, 0.2) is 0 Å². The normalized spacial score (nSPS) is 45.9. The molecule has 10 atom stereocenters. The molecular weight excluding hydrogens is 350 g/mol. The molecule has 0 unspecified atom stereocenters. The first-order valence-electron chi connectivity index (χ1n) is 10.2. The molecule has 1 fully saturated rings. The van der Waals surface area contributed by atoms with Crippen molar-refractivity contribution in [3.8, 4) is 0 Å². The predicted molar refractivity (Wildman–Crippen MR) is 103 cm³/mol. The van der Waals surface area contributed by atoms with E-state index in [1.54, 1.807) is 27.7 Å². The topological polar surface area (TPSA) is 104 Å². The first-order chi connectivity index (χ1) is 12.4. The minimum absolute atomic E-state index is 0.0618. The molecule has 0 aromatic rings. The Morgan fingerprint density at radius 2 is 1.44 bits per heavy atom. The Balaban J connectivity index is 3.23. The number of hydrogen-bond donors (Lipinski definition) is 3. The van der Waals surface area contributed by atoms with Gasteiger partial charge in [-0.15, -0.1) is 0 Å². The van der Waals surface area contributed by atoms with Gasteiger partial charge < -0.3 is 20.1 Å². The van der Waals surface area contributed by atoms with Crippen LogP contribution in [-0.4, -0.2) is 51.5 Å². The van der Waals surface area contributed by atoms with Crippen molar-refractivity contribution in [2.45, 2.75) is 85.7 Å². The number of aliphatic hydroxyl groups is 3. The maximum Gasteiger partial charge on any atom is 0.311 e. The van der Waals surface area contributed by atoms with Crippen LogP contribution < -0.4 is 0 Å². The van der Waals surface area contributed by atoms with Crippen LogP contribution in [0.15, 0.2) is 0 Å². The molecular formula is C21H38O6. The number of carbonyl (C=O) groups excluding carboxylic acids is 2. The Bertz CT molecular complexity index is 507. The largest absolute Gasteiger partial charge is 0.462 e. The molecule has 3 N–H and O–H groups in total. The van der Waals surface area contributed by atoms with Crippen LogP contribution in [0.3, 0.4) is 0 Å². The summed E-state index contributed by atoms with van der Waals surface area (Å²) in [5.41, 5.74) is 0. The third-order valence-electron chi connectivity index (χ3n) is 6.51. The summed E-state index contributed by atoms with van der Waals surface area (Å²) >= 11 is 0. The van der Waals surface area contributed by atoms with Crippen LogP contribution in [0.25, 0.3) is 0 Å². The number of cyclic esters (lactones) is 1. The number of esters is 1. The van der Waals surface area contributed by atoms with Crippen LogP contribution in [-0.2, 0) is 14.3 Å². The Morgan fingerprint density at radius 3 is 1.96 bits per heavy atom. The van der Waals surface area contributed by atoms with E-state index in [9.17, 15) is 24.9 Å². The lowest BCUT2D eigenvalue weighted by molar-refractivity contribution is -0.166. The second-order valence-corrected chi connectivity index (χ2v) is 8.67. The molecule has 27 heavy (non-hydrogen) atoms. The summed E-state index contributed by atoms with van der Waals surface area (Å²) in [6, 6.07) is 0. The van der Waals surface area contributed by atoms with Gasteiger partial charge in [0.1, 0.15) is 11.9 Å². The zero-order valence-electron chi connectivity index (χ0n) is 17.8. The lowest BCUT2D eigenvalue weighted by Crippen LogP contribution is -2.45. The van der Waals surface area contributed by atoms with E-state index in [0.717, 1.165) is 0 Å². The third kappa shape index (κ3) is 5.52. The zero-order chi connectivity index (χ0) is 21.0. The van der Waals surface area contributed by atoms with Crippen molar-refractivity contribution in [3.63, 3.8) is 0 Å². The summed E-state index contributed by atoms with van der Waals surface area (Å²) in [5, 5.41) is 31.9. The minimum Gasteiger partial charge on any atom is -0.462 e. The molecule has 0 aliphatic carbocycles. The van der Waals surface area contributed by atoms with Gasteiger partial charge in [0, 0.05) is 23.7 Å². The quantitative estimate of drug-likeness (QED) is 0.470. The standard InChI is InChI=1S/C21H38O6/c1-8-16-12(4)19(24)13(5)17(22)10(2)9-11(3)18(23)14(6)20(25)15(7)21(26)27-16/h10-16,18-20,23-25H,8-9H2,1-7H3/t10-,11+,12+,13+,14-,15-,16-,18+,19+,20+/m1/s1/i22+2. The molecule has 1 rings (SSSR count). The second-order valence-electron chi connectivity index (χ2n) is 8.67. The number of hydrogen-bond acceptors (Lipinski definition) is 6. The van der Waals surface area contributed by atoms with Gasteiger partial charge in [0.25, 0.3) is 0 Å². The summed E-state index contributed by atoms with van der Waals surface area (Å²) in [6.45, 7) is 12.3. The van der Waals surface area contributed by atoms with Crippen molar-refractivity contribution in [3.05, 3.63) is 0 Å². The zero-order valence-corrected chi connectivity index (χ0v) is 17.8. The van der Waals surface area contributed by atoms with Crippen LogP contribution in [0, 0.1) is 35.5 Å². The van der Waals surface area contributed by atoms with Gasteiger partial charge in [-0.05, 0) is 25.7 Å². The van der Waals surface area contributed by atoms with E-state index in [1.165, 1.54) is 0 Å². The van der Waals surface area contributed by atoms with E-state index in [-0.39, 0.29) is 17.6 Å². The Hall–Kier alpha value is -0.980. The van der Waals surface area contributed by atoms with Gasteiger partial charge in [0.2, 0.25) is 0 Å². The average molecular weight is 389 g/mol. The van der Waals surface area contributed by atoms with E-state index in [0.29, 0.717) is 12.8 Å². The monoisotopic (exact) mass is 388 g/mol. The van der Waals surface area contributed by atoms with E-state index in [4.69, 9.17) is 4.74 Å². The summed E-state index contributed by atoms with van der Waals surface area (Å²) in [6.07, 6.45) is -2.43. The van der Waals surface area contributed by atoms with Gasteiger partial charge in [-0.3, -0.25) is 9.59 Å². The lowest BCUT2D eigenvalue weighted by Gasteiger charge is -2.35. The predicted octanol–water partition coefficient (Wildman–Crippen LogP) is 2.18. The van der Waals surface area contributed by atoms with Crippen LogP contribution in [0.2, 0.25) is 0 Å². The molecule has 6 heteroatoms. The number of Topliss-reactive ketones (excluding diaryl/α,β-unsaturated/α-hetero) is 1. The summed E-state index contributed by atoms with van der Waals surface area (Å²) < 4.78 is 5.58. The molecule has 0 aromatic heterocycles. The molecule has 1 heterocycles. The highest BCUT2D eigenvalue weighted by Gasteiger charge is 2.39. The van der Waals surface area contributed by atoms with Crippen molar-refractivity contribution >= 4 is 11.8 Å². The lowest BCUT2D eigenvalue weighted by atomic mass is 9.77. The molecule has 0 saturated carbocycles. The van der Waals surface area contributed by atoms with Gasteiger partial charge >= 0.3 is 5.97 Å². The van der Waals surface area contributed by atoms with E-state index >= 15 is 0 Å². The first-order valence-corrected chi connectivity index (χ1v) is 10.2. The first kappa shape index (κ1) is 24.1. The highest BCUT2D eigenvalue weighted by molar-refractivity contribution is 5.83. The number of rotatable bonds is 1. The van der Waals surface area contributed by atoms with E-state index in [2.05, 4.69) is 0 Å². The number of ketones is 1. The Kier molecular flexibility index (Phi) is 8.90. The average Bonchev–Trinajstić information content (AvgIpc) is 2.66. The Labute approximate surface area is 163 Å². The fourth-order valence-electron chi connectivity index (χ4n) is 4.24. The molecule has 0 bridgehead atoms. The molecule has 0 spiro atoms. The summed E-state index contributed by atoms with van der Waals surface area (Å²) in [4.78, 5) is 25.3. The fraction of sp³-hybridized carbons (Fsp3) is 0.905.